The number of carbonyl (C=O) groups excluding carboxylic acids is 5. The molecule has 2 saturated heterocycles. The molecule has 2 aromatic heterocycles. The first kappa shape index (κ1) is 36.7. The van der Waals surface area contributed by atoms with E-state index in [2.05, 4.69) is 35.6 Å². The quantitative estimate of drug-likeness (QED) is 0.207. The van der Waals surface area contributed by atoms with Crippen molar-refractivity contribution in [1.29, 1.82) is 0 Å². The molecule has 2 fully saturated rings. The van der Waals surface area contributed by atoms with E-state index in [0.29, 0.717) is 55.7 Å². The summed E-state index contributed by atoms with van der Waals surface area (Å²) in [7, 11) is 1.23. The van der Waals surface area contributed by atoms with Gasteiger partial charge in [0, 0.05) is 36.4 Å². The fourth-order valence-electron chi connectivity index (χ4n) is 6.56. The van der Waals surface area contributed by atoms with Crippen LogP contribution in [0.5, 0.6) is 0 Å². The summed E-state index contributed by atoms with van der Waals surface area (Å²) >= 11 is 0. The fraction of sp³-hybridized carbons (Fsp3) is 0.368. The van der Waals surface area contributed by atoms with Gasteiger partial charge in [0.15, 0.2) is 0 Å². The van der Waals surface area contributed by atoms with Crippen molar-refractivity contribution in [2.24, 2.45) is 5.92 Å². The molecule has 3 atom stereocenters. The number of amides is 5. The Morgan fingerprint density at radius 3 is 2.21 bits per heavy atom. The number of fused-ring (bicyclic) bond motifs is 1. The number of ether oxygens (including phenoxy) is 2. The Bertz CT molecular complexity index is 1970. The Morgan fingerprint density at radius 1 is 0.830 bits per heavy atom. The number of alkyl carbamates (subject to hydrolysis) is 1. The summed E-state index contributed by atoms with van der Waals surface area (Å²) in [5.74, 6) is -0.814. The number of hydrogen-bond donors (Lipinski definition) is 3. The highest BCUT2D eigenvalue weighted by atomic mass is 16.6. The lowest BCUT2D eigenvalue weighted by Gasteiger charge is -2.30. The highest BCUT2D eigenvalue weighted by molar-refractivity contribution is 5.99. The number of methoxy groups -OCH3 is 1. The second kappa shape index (κ2) is 16.5. The predicted molar refractivity (Wildman–Crippen MR) is 195 cm³/mol. The Kier molecular flexibility index (Phi) is 11.4. The van der Waals surface area contributed by atoms with Gasteiger partial charge in [0.2, 0.25) is 23.7 Å². The van der Waals surface area contributed by atoms with Crippen molar-refractivity contribution >= 4 is 52.6 Å². The van der Waals surface area contributed by atoms with E-state index in [1.54, 1.807) is 18.5 Å². The van der Waals surface area contributed by atoms with E-state index in [4.69, 9.17) is 4.74 Å². The second-order valence-electron chi connectivity index (χ2n) is 13.3. The van der Waals surface area contributed by atoms with Crippen LogP contribution in [0, 0.1) is 5.92 Å². The Hall–Kier alpha value is -6.12. The first-order chi connectivity index (χ1) is 25.6. The normalized spacial score (nSPS) is 17.4. The number of hydrogen-bond acceptors (Lipinski definition) is 10. The molecule has 2 aliphatic rings. The zero-order valence-electron chi connectivity index (χ0n) is 29.8. The van der Waals surface area contributed by atoms with Gasteiger partial charge >= 0.3 is 12.2 Å². The average Bonchev–Trinajstić information content (AvgIpc) is 3.87. The summed E-state index contributed by atoms with van der Waals surface area (Å²) in [6.07, 6.45) is 4.29. The first-order valence-electron chi connectivity index (χ1n) is 17.6. The Balaban J connectivity index is 1.05. The monoisotopic (exact) mass is 722 g/mol. The zero-order chi connectivity index (χ0) is 37.5. The first-order valence-corrected chi connectivity index (χ1v) is 17.6. The van der Waals surface area contributed by atoms with E-state index in [-0.39, 0.29) is 36.2 Å². The van der Waals surface area contributed by atoms with Gasteiger partial charge < -0.3 is 25.0 Å². The molecule has 0 radical (unpaired) electrons. The summed E-state index contributed by atoms with van der Waals surface area (Å²) < 4.78 is 10.1. The van der Waals surface area contributed by atoms with Gasteiger partial charge in [-0.3, -0.25) is 24.6 Å². The van der Waals surface area contributed by atoms with Crippen molar-refractivity contribution in [3.63, 3.8) is 0 Å². The molecule has 15 nitrogen and oxygen atoms in total. The van der Waals surface area contributed by atoms with Gasteiger partial charge in [-0.25, -0.2) is 24.5 Å². The molecule has 3 N–H and O–H groups in total. The van der Waals surface area contributed by atoms with E-state index in [1.807, 2.05) is 68.4 Å². The molecule has 6 rings (SSSR count). The van der Waals surface area contributed by atoms with Gasteiger partial charge in [0.25, 0.3) is 0 Å². The number of carbonyl (C=O) groups is 5. The minimum absolute atomic E-state index is 0.119. The van der Waals surface area contributed by atoms with Crippen LogP contribution >= 0.6 is 0 Å². The van der Waals surface area contributed by atoms with Crippen molar-refractivity contribution < 1.29 is 33.4 Å². The van der Waals surface area contributed by atoms with Gasteiger partial charge in [-0.15, -0.1) is 0 Å². The highest BCUT2D eigenvalue weighted by Gasteiger charge is 2.39. The van der Waals surface area contributed by atoms with Crippen molar-refractivity contribution in [3.05, 3.63) is 78.6 Å². The molecule has 5 amide bonds. The number of benzene rings is 2. The Labute approximate surface area is 306 Å². The van der Waals surface area contributed by atoms with E-state index < -0.39 is 30.3 Å². The average molecular weight is 723 g/mol. The van der Waals surface area contributed by atoms with Crippen molar-refractivity contribution in [1.82, 2.24) is 30.1 Å². The van der Waals surface area contributed by atoms with Gasteiger partial charge in [0.05, 0.1) is 12.6 Å². The van der Waals surface area contributed by atoms with Crippen LogP contribution in [0.25, 0.3) is 22.0 Å². The molecule has 0 saturated carbocycles. The number of pyridine rings is 1. The molecule has 53 heavy (non-hydrogen) atoms. The van der Waals surface area contributed by atoms with E-state index in [0.717, 1.165) is 16.5 Å². The van der Waals surface area contributed by atoms with Crippen molar-refractivity contribution in [2.75, 3.05) is 30.8 Å². The molecule has 0 spiro atoms. The maximum absolute atomic E-state index is 13.4. The lowest BCUT2D eigenvalue weighted by Crippen LogP contribution is -2.54. The third kappa shape index (κ3) is 8.68. The van der Waals surface area contributed by atoms with Crippen LogP contribution < -0.4 is 16.0 Å². The third-order valence-corrected chi connectivity index (χ3v) is 9.39. The topological polar surface area (TPSA) is 185 Å². The van der Waals surface area contributed by atoms with Crippen molar-refractivity contribution in [3.8, 4) is 11.1 Å². The maximum Gasteiger partial charge on any atom is 0.410 e. The maximum atomic E-state index is 13.4. The summed E-state index contributed by atoms with van der Waals surface area (Å²) in [6.45, 7) is 4.58. The minimum atomic E-state index is -0.824. The van der Waals surface area contributed by atoms with Crippen LogP contribution in [-0.4, -0.2) is 93.0 Å². The molecule has 0 bridgehead atoms. The highest BCUT2D eigenvalue weighted by Crippen LogP contribution is 2.26. The summed E-state index contributed by atoms with van der Waals surface area (Å²) in [5.41, 5.74) is 3.03. The van der Waals surface area contributed by atoms with Crippen LogP contribution in [0.15, 0.2) is 73.1 Å². The largest absolute Gasteiger partial charge is 0.453 e. The van der Waals surface area contributed by atoms with Crippen LogP contribution in [0.1, 0.15) is 45.1 Å². The van der Waals surface area contributed by atoms with Crippen LogP contribution in [0.2, 0.25) is 0 Å². The van der Waals surface area contributed by atoms with Crippen LogP contribution in [0.3, 0.4) is 0 Å². The minimum Gasteiger partial charge on any atom is -0.453 e. The predicted octanol–water partition coefficient (Wildman–Crippen LogP) is 4.74. The number of nitrogens with one attached hydrogen (secondary N) is 3. The number of anilines is 2. The molecular formula is C38H42N8O7. The number of likely N-dealkylation sites (tertiary alicyclic amines) is 2. The second-order valence-corrected chi connectivity index (χ2v) is 13.3. The number of aromatic nitrogens is 3. The summed E-state index contributed by atoms with van der Waals surface area (Å²) in [4.78, 5) is 80.6. The van der Waals surface area contributed by atoms with E-state index >= 15 is 0 Å². The van der Waals surface area contributed by atoms with E-state index in [1.165, 1.54) is 16.9 Å². The summed E-state index contributed by atoms with van der Waals surface area (Å²) in [6, 6.07) is 16.3. The molecule has 4 heterocycles. The Morgan fingerprint density at radius 2 is 1.51 bits per heavy atom. The lowest BCUT2D eigenvalue weighted by molar-refractivity contribution is -0.139. The smallest absolute Gasteiger partial charge is 0.410 e. The fourth-order valence-corrected chi connectivity index (χ4v) is 6.56. The van der Waals surface area contributed by atoms with Crippen LogP contribution in [-0.2, 0) is 30.5 Å². The molecule has 15 heteroatoms. The molecule has 4 aromatic rings. The standard InChI is InChI=1S/C38H42N8O7/c1-23(2)32(43-37(50)52-3)35(49)45-17-7-11-29(45)33(47)42-31-16-14-26-19-25(13-15-28(26)41-31)27-20-39-36(40-21-27)44-34(48)30-12-8-18-46(30)38(51)53-22-24-9-5-4-6-10-24/h4-6,9-10,13-16,19-21,23,29-30,32H,7-8,11-12,17-18,22H2,1-3H3,(H,43,50)(H,41,42,47)(H,39,40,44,48)/t29-,30-,32-/m0/s1. The van der Waals surface area contributed by atoms with E-state index in [9.17, 15) is 24.0 Å². The molecule has 2 aliphatic heterocycles. The number of rotatable bonds is 10. The molecule has 0 aliphatic carbocycles. The molecule has 0 unspecified atom stereocenters. The molecule has 276 valence electrons. The SMILES string of the molecule is COC(=O)N[C@H](C(=O)N1CCC[C@H]1C(=O)Nc1ccc2cc(-c3cnc(NC(=O)[C@@H]4CCCN4C(=O)OCc4ccccc4)nc3)ccc2n1)C(C)C. The zero-order valence-corrected chi connectivity index (χ0v) is 29.8. The molecule has 2 aromatic carbocycles. The van der Waals surface area contributed by atoms with Crippen LogP contribution in [0.4, 0.5) is 21.4 Å². The lowest BCUT2D eigenvalue weighted by atomic mass is 10.0. The number of nitrogens with zero attached hydrogens (tertiary/aromatic N) is 5. The third-order valence-electron chi connectivity index (χ3n) is 9.39. The van der Waals surface area contributed by atoms with Gasteiger partial charge in [0.1, 0.15) is 30.6 Å². The molecular weight excluding hydrogens is 680 g/mol. The van der Waals surface area contributed by atoms with Gasteiger partial charge in [-0.05, 0) is 67.0 Å². The summed E-state index contributed by atoms with van der Waals surface area (Å²) in [5, 5.41) is 8.97. The van der Waals surface area contributed by atoms with Gasteiger partial charge in [-0.2, -0.15) is 0 Å². The van der Waals surface area contributed by atoms with Crippen molar-refractivity contribution in [2.45, 2.75) is 64.3 Å². The van der Waals surface area contributed by atoms with Gasteiger partial charge in [-0.1, -0.05) is 50.2 Å².